The average Bonchev–Trinajstić information content (AvgIpc) is 2.25. The Labute approximate surface area is 89.6 Å². The van der Waals surface area contributed by atoms with Crippen LogP contribution in [0.2, 0.25) is 0 Å². The van der Waals surface area contributed by atoms with Crippen molar-refractivity contribution in [3.05, 3.63) is 30.1 Å². The van der Waals surface area contributed by atoms with Crippen molar-refractivity contribution in [2.75, 3.05) is 5.88 Å². The summed E-state index contributed by atoms with van der Waals surface area (Å²) >= 11 is 5.62. The second-order valence-corrected chi connectivity index (χ2v) is 3.60. The first-order valence-corrected chi connectivity index (χ1v) is 5.32. The molecule has 14 heavy (non-hydrogen) atoms. The number of alkyl halides is 1. The second kappa shape index (κ2) is 6.76. The number of nitrogens with two attached hydrogens (primary N) is 1. The van der Waals surface area contributed by atoms with Gasteiger partial charge >= 0.3 is 0 Å². The van der Waals surface area contributed by atoms with Crippen LogP contribution in [0.4, 0.5) is 0 Å². The zero-order valence-corrected chi connectivity index (χ0v) is 8.87. The molecule has 0 saturated carbocycles. The molecule has 1 atom stereocenters. The lowest BCUT2D eigenvalue weighted by atomic mass is 10.1. The van der Waals surface area contributed by atoms with Gasteiger partial charge in [-0.15, -0.1) is 11.6 Å². The smallest absolute Gasteiger partial charge is 0.0419 e. The van der Waals surface area contributed by atoms with Crippen molar-refractivity contribution in [1.29, 1.82) is 0 Å². The molecule has 1 heterocycles. The van der Waals surface area contributed by atoms with Gasteiger partial charge in [-0.3, -0.25) is 16.3 Å². The first-order chi connectivity index (χ1) is 6.86. The van der Waals surface area contributed by atoms with Gasteiger partial charge in [-0.2, -0.15) is 0 Å². The van der Waals surface area contributed by atoms with Crippen molar-refractivity contribution in [2.24, 2.45) is 5.84 Å². The van der Waals surface area contributed by atoms with E-state index < -0.39 is 0 Å². The highest BCUT2D eigenvalue weighted by molar-refractivity contribution is 6.17. The highest BCUT2D eigenvalue weighted by atomic mass is 35.5. The first-order valence-electron chi connectivity index (χ1n) is 4.79. The molecule has 0 aliphatic rings. The minimum Gasteiger partial charge on any atom is -0.271 e. The molecule has 0 aromatic carbocycles. The Morgan fingerprint density at radius 2 is 2.36 bits per heavy atom. The lowest BCUT2D eigenvalue weighted by molar-refractivity contribution is 0.483. The molecule has 78 valence electrons. The quantitative estimate of drug-likeness (QED) is 0.428. The van der Waals surface area contributed by atoms with E-state index in [1.807, 2.05) is 18.2 Å². The van der Waals surface area contributed by atoms with Crippen molar-refractivity contribution in [3.8, 4) is 0 Å². The Morgan fingerprint density at radius 1 is 1.50 bits per heavy atom. The van der Waals surface area contributed by atoms with Crippen LogP contribution >= 0.6 is 11.6 Å². The molecule has 1 aromatic heterocycles. The van der Waals surface area contributed by atoms with Crippen molar-refractivity contribution >= 4 is 11.6 Å². The molecule has 0 saturated heterocycles. The van der Waals surface area contributed by atoms with E-state index in [0.717, 1.165) is 25.0 Å². The Kier molecular flexibility index (Phi) is 5.52. The van der Waals surface area contributed by atoms with Gasteiger partial charge in [0.15, 0.2) is 0 Å². The molecule has 0 aliphatic carbocycles. The number of hydrazine groups is 1. The molecule has 4 heteroatoms. The van der Waals surface area contributed by atoms with Gasteiger partial charge in [-0.05, 0) is 25.0 Å². The number of hydrogen-bond acceptors (Lipinski definition) is 3. The predicted molar refractivity (Wildman–Crippen MR) is 59.0 cm³/mol. The number of nitrogens with one attached hydrogen (secondary N) is 1. The van der Waals surface area contributed by atoms with E-state index >= 15 is 0 Å². The summed E-state index contributed by atoms with van der Waals surface area (Å²) in [5.74, 6) is 6.12. The molecule has 1 unspecified atom stereocenters. The van der Waals surface area contributed by atoms with E-state index in [1.54, 1.807) is 6.20 Å². The van der Waals surface area contributed by atoms with Crippen LogP contribution in [-0.4, -0.2) is 16.9 Å². The minimum absolute atomic E-state index is 0.267. The summed E-state index contributed by atoms with van der Waals surface area (Å²) in [6.07, 6.45) is 4.61. The van der Waals surface area contributed by atoms with E-state index in [2.05, 4.69) is 10.4 Å². The van der Waals surface area contributed by atoms with Gasteiger partial charge in [-0.25, -0.2) is 0 Å². The van der Waals surface area contributed by atoms with E-state index in [9.17, 15) is 0 Å². The largest absolute Gasteiger partial charge is 0.271 e. The maximum Gasteiger partial charge on any atom is 0.0419 e. The highest BCUT2D eigenvalue weighted by Gasteiger charge is 2.07. The average molecular weight is 214 g/mol. The van der Waals surface area contributed by atoms with Crippen molar-refractivity contribution in [1.82, 2.24) is 10.4 Å². The maximum absolute atomic E-state index is 5.62. The van der Waals surface area contributed by atoms with E-state index in [0.29, 0.717) is 5.88 Å². The fraction of sp³-hybridized carbons (Fsp3) is 0.500. The fourth-order valence-electron chi connectivity index (χ4n) is 1.34. The molecule has 0 aliphatic heterocycles. The molecule has 0 fully saturated rings. The summed E-state index contributed by atoms with van der Waals surface area (Å²) in [7, 11) is 0. The molecule has 0 amide bonds. The standard InChI is InChI=1S/C10H16ClN3/c11-6-3-5-10(14-12)8-9-4-1-2-7-13-9/h1-2,4,7,10,14H,3,5-6,8,12H2. The SMILES string of the molecule is NNC(CCCCl)Cc1ccccn1. The topological polar surface area (TPSA) is 50.9 Å². The molecule has 0 radical (unpaired) electrons. The van der Waals surface area contributed by atoms with Crippen LogP contribution in [0.1, 0.15) is 18.5 Å². The van der Waals surface area contributed by atoms with Gasteiger partial charge in [-0.1, -0.05) is 6.07 Å². The number of nitrogens with zero attached hydrogens (tertiary/aromatic N) is 1. The predicted octanol–water partition coefficient (Wildman–Crippen LogP) is 1.47. The van der Waals surface area contributed by atoms with Crippen LogP contribution in [0.3, 0.4) is 0 Å². The lowest BCUT2D eigenvalue weighted by Crippen LogP contribution is -2.37. The normalized spacial score (nSPS) is 12.7. The Balaban J connectivity index is 2.40. The summed E-state index contributed by atoms with van der Waals surface area (Å²) in [5.41, 5.74) is 3.85. The van der Waals surface area contributed by atoms with Gasteiger partial charge in [0.25, 0.3) is 0 Å². The number of pyridine rings is 1. The second-order valence-electron chi connectivity index (χ2n) is 3.22. The van der Waals surface area contributed by atoms with Crippen molar-refractivity contribution < 1.29 is 0 Å². The minimum atomic E-state index is 0.267. The molecule has 3 nitrogen and oxygen atoms in total. The van der Waals surface area contributed by atoms with Crippen LogP contribution in [0.25, 0.3) is 0 Å². The van der Waals surface area contributed by atoms with Crippen molar-refractivity contribution in [3.63, 3.8) is 0 Å². The van der Waals surface area contributed by atoms with Gasteiger partial charge in [0.1, 0.15) is 0 Å². The zero-order valence-electron chi connectivity index (χ0n) is 8.12. The zero-order chi connectivity index (χ0) is 10.2. The number of halogens is 1. The molecular formula is C10H16ClN3. The van der Waals surface area contributed by atoms with Crippen LogP contribution in [0.15, 0.2) is 24.4 Å². The molecular weight excluding hydrogens is 198 g/mol. The monoisotopic (exact) mass is 213 g/mol. The summed E-state index contributed by atoms with van der Waals surface area (Å²) in [6, 6.07) is 6.17. The fourth-order valence-corrected chi connectivity index (χ4v) is 1.49. The Morgan fingerprint density at radius 3 is 2.93 bits per heavy atom. The first kappa shape index (κ1) is 11.4. The highest BCUT2D eigenvalue weighted by Crippen LogP contribution is 2.05. The Hall–Kier alpha value is -0.640. The number of hydrogen-bond donors (Lipinski definition) is 2. The third-order valence-corrected chi connectivity index (χ3v) is 2.37. The summed E-state index contributed by atoms with van der Waals surface area (Å²) in [4.78, 5) is 4.25. The molecule has 1 rings (SSSR count). The lowest BCUT2D eigenvalue weighted by Gasteiger charge is -2.14. The van der Waals surface area contributed by atoms with Gasteiger partial charge < -0.3 is 0 Å². The Bertz CT molecular complexity index is 240. The molecule has 1 aromatic rings. The van der Waals surface area contributed by atoms with E-state index in [1.165, 1.54) is 0 Å². The summed E-state index contributed by atoms with van der Waals surface area (Å²) in [5, 5.41) is 0. The molecule has 0 spiro atoms. The van der Waals surface area contributed by atoms with Crippen LogP contribution in [-0.2, 0) is 6.42 Å². The van der Waals surface area contributed by atoms with Gasteiger partial charge in [0, 0.05) is 30.2 Å². The number of rotatable bonds is 6. The van der Waals surface area contributed by atoms with Crippen LogP contribution in [0.5, 0.6) is 0 Å². The van der Waals surface area contributed by atoms with Crippen LogP contribution in [0, 0.1) is 0 Å². The summed E-state index contributed by atoms with van der Waals surface area (Å²) in [6.45, 7) is 0. The molecule has 3 N–H and O–H groups in total. The molecule has 0 bridgehead atoms. The third-order valence-electron chi connectivity index (χ3n) is 2.10. The van der Waals surface area contributed by atoms with E-state index in [4.69, 9.17) is 17.4 Å². The van der Waals surface area contributed by atoms with Gasteiger partial charge in [0.2, 0.25) is 0 Å². The maximum atomic E-state index is 5.62. The van der Waals surface area contributed by atoms with Gasteiger partial charge in [0.05, 0.1) is 0 Å². The number of aromatic nitrogens is 1. The van der Waals surface area contributed by atoms with E-state index in [-0.39, 0.29) is 6.04 Å². The van der Waals surface area contributed by atoms with Crippen molar-refractivity contribution in [2.45, 2.75) is 25.3 Å². The summed E-state index contributed by atoms with van der Waals surface area (Å²) < 4.78 is 0. The third kappa shape index (κ3) is 4.05. The van der Waals surface area contributed by atoms with Crippen LogP contribution < -0.4 is 11.3 Å².